The van der Waals surface area contributed by atoms with Crippen molar-refractivity contribution in [3.05, 3.63) is 18.3 Å². The standard InChI is InChI=1S/C20H29N5O3/c1-13-9-16(13)25-11-14(10-18(25)26)22-20(27)24-8-6-15(12-24)28-17-5-4-7-21-19(17)23(2)3/h4-5,7,13-16H,6,8-12H2,1-3H3,(H,22,27). The summed E-state index contributed by atoms with van der Waals surface area (Å²) >= 11 is 0. The van der Waals surface area contributed by atoms with Crippen LogP contribution >= 0.6 is 0 Å². The Morgan fingerprint density at radius 3 is 2.86 bits per heavy atom. The number of carbonyl (C=O) groups excluding carboxylic acids is 2. The Kier molecular flexibility index (Phi) is 5.03. The van der Waals surface area contributed by atoms with Crippen LogP contribution in [0, 0.1) is 5.92 Å². The smallest absolute Gasteiger partial charge is 0.317 e. The van der Waals surface area contributed by atoms with E-state index in [1.54, 1.807) is 11.1 Å². The normalized spacial score (nSPS) is 29.2. The summed E-state index contributed by atoms with van der Waals surface area (Å²) in [6.45, 7) is 3.99. The first kappa shape index (κ1) is 18.8. The van der Waals surface area contributed by atoms with Gasteiger partial charge < -0.3 is 24.8 Å². The van der Waals surface area contributed by atoms with Crippen molar-refractivity contribution in [3.8, 4) is 5.75 Å². The summed E-state index contributed by atoms with van der Waals surface area (Å²) in [6, 6.07) is 3.94. The lowest BCUT2D eigenvalue weighted by atomic mass is 10.2. The van der Waals surface area contributed by atoms with E-state index in [0.717, 1.165) is 24.4 Å². The average molecular weight is 387 g/mol. The zero-order valence-corrected chi connectivity index (χ0v) is 16.8. The van der Waals surface area contributed by atoms with E-state index in [0.29, 0.717) is 38.0 Å². The number of nitrogens with one attached hydrogen (secondary N) is 1. The highest BCUT2D eigenvalue weighted by Crippen LogP contribution is 2.37. The second kappa shape index (κ2) is 7.48. The number of anilines is 1. The van der Waals surface area contributed by atoms with Crippen molar-refractivity contribution in [2.75, 3.05) is 38.6 Å². The van der Waals surface area contributed by atoms with E-state index in [2.05, 4.69) is 17.2 Å². The second-order valence-corrected chi connectivity index (χ2v) is 8.37. The van der Waals surface area contributed by atoms with Crippen molar-refractivity contribution in [1.29, 1.82) is 0 Å². The molecule has 3 aliphatic rings. The summed E-state index contributed by atoms with van der Waals surface area (Å²) in [7, 11) is 3.86. The molecule has 3 amide bonds. The monoisotopic (exact) mass is 387 g/mol. The van der Waals surface area contributed by atoms with Crippen LogP contribution < -0.4 is 15.0 Å². The highest BCUT2D eigenvalue weighted by Gasteiger charge is 2.45. The van der Waals surface area contributed by atoms with E-state index in [9.17, 15) is 9.59 Å². The number of hydrogen-bond acceptors (Lipinski definition) is 5. The van der Waals surface area contributed by atoms with Crippen LogP contribution in [0.5, 0.6) is 5.75 Å². The van der Waals surface area contributed by atoms with Gasteiger partial charge in [0, 0.05) is 52.3 Å². The van der Waals surface area contributed by atoms with Crippen molar-refractivity contribution in [2.45, 2.75) is 44.4 Å². The van der Waals surface area contributed by atoms with Crippen molar-refractivity contribution in [3.63, 3.8) is 0 Å². The van der Waals surface area contributed by atoms with Crippen LogP contribution in [0.3, 0.4) is 0 Å². The number of aromatic nitrogens is 1. The van der Waals surface area contributed by atoms with E-state index in [4.69, 9.17) is 4.74 Å². The molecule has 0 radical (unpaired) electrons. The summed E-state index contributed by atoms with van der Waals surface area (Å²) in [5.74, 6) is 2.27. The summed E-state index contributed by atoms with van der Waals surface area (Å²) in [5.41, 5.74) is 0. The number of rotatable bonds is 5. The van der Waals surface area contributed by atoms with Gasteiger partial charge in [0.2, 0.25) is 5.91 Å². The molecule has 0 aromatic carbocycles. The quantitative estimate of drug-likeness (QED) is 0.825. The van der Waals surface area contributed by atoms with Crippen LogP contribution in [0.25, 0.3) is 0 Å². The SMILES string of the molecule is CC1CC1N1CC(NC(=O)N2CCC(Oc3cccnc3N(C)C)C2)CC1=O. The highest BCUT2D eigenvalue weighted by atomic mass is 16.5. The number of pyridine rings is 1. The maximum Gasteiger partial charge on any atom is 0.317 e. The third kappa shape index (κ3) is 3.86. The van der Waals surface area contributed by atoms with Crippen LogP contribution in [0.2, 0.25) is 0 Å². The van der Waals surface area contributed by atoms with Crippen molar-refractivity contribution >= 4 is 17.8 Å². The lowest BCUT2D eigenvalue weighted by Gasteiger charge is -2.22. The van der Waals surface area contributed by atoms with Crippen LogP contribution in [0.1, 0.15) is 26.2 Å². The predicted molar refractivity (Wildman–Crippen MR) is 105 cm³/mol. The molecule has 152 valence electrons. The van der Waals surface area contributed by atoms with Gasteiger partial charge >= 0.3 is 6.03 Å². The molecular formula is C20H29N5O3. The van der Waals surface area contributed by atoms with E-state index < -0.39 is 0 Å². The summed E-state index contributed by atoms with van der Waals surface area (Å²) in [5, 5.41) is 3.04. The van der Waals surface area contributed by atoms with Crippen LogP contribution in [0.4, 0.5) is 10.6 Å². The molecule has 4 atom stereocenters. The lowest BCUT2D eigenvalue weighted by Crippen LogP contribution is -2.45. The number of likely N-dealkylation sites (tertiary alicyclic amines) is 2. The number of ether oxygens (including phenoxy) is 1. The fourth-order valence-corrected chi connectivity index (χ4v) is 4.15. The molecule has 3 fully saturated rings. The number of urea groups is 1. The van der Waals surface area contributed by atoms with Crippen molar-refractivity contribution in [1.82, 2.24) is 20.1 Å². The molecular weight excluding hydrogens is 358 g/mol. The maximum atomic E-state index is 12.6. The zero-order chi connectivity index (χ0) is 19.8. The van der Waals surface area contributed by atoms with E-state index >= 15 is 0 Å². The number of nitrogens with zero attached hydrogens (tertiary/aromatic N) is 4. The minimum atomic E-state index is -0.103. The summed E-state index contributed by atoms with van der Waals surface area (Å²) in [4.78, 5) is 34.8. The Morgan fingerprint density at radius 1 is 1.36 bits per heavy atom. The van der Waals surface area contributed by atoms with Crippen LogP contribution in [-0.4, -0.2) is 78.6 Å². The van der Waals surface area contributed by atoms with Gasteiger partial charge in [-0.05, 0) is 24.5 Å². The van der Waals surface area contributed by atoms with Gasteiger partial charge in [0.05, 0.1) is 12.6 Å². The molecule has 1 aromatic heterocycles. The molecule has 28 heavy (non-hydrogen) atoms. The largest absolute Gasteiger partial charge is 0.485 e. The molecule has 4 rings (SSSR count). The molecule has 1 saturated carbocycles. The molecule has 0 bridgehead atoms. The van der Waals surface area contributed by atoms with Gasteiger partial charge in [-0.1, -0.05) is 6.92 Å². The Bertz CT molecular complexity index is 755. The molecule has 1 aromatic rings. The second-order valence-electron chi connectivity index (χ2n) is 8.37. The van der Waals surface area contributed by atoms with Gasteiger partial charge in [-0.2, -0.15) is 0 Å². The lowest BCUT2D eigenvalue weighted by molar-refractivity contribution is -0.128. The number of amides is 3. The highest BCUT2D eigenvalue weighted by molar-refractivity contribution is 5.82. The minimum absolute atomic E-state index is 0.0531. The Morgan fingerprint density at radius 2 is 2.14 bits per heavy atom. The minimum Gasteiger partial charge on any atom is -0.485 e. The van der Waals surface area contributed by atoms with Gasteiger partial charge in [-0.25, -0.2) is 9.78 Å². The molecule has 8 nitrogen and oxygen atoms in total. The Labute approximate surface area is 165 Å². The van der Waals surface area contributed by atoms with Gasteiger partial charge in [-0.15, -0.1) is 0 Å². The topological polar surface area (TPSA) is 78.0 Å². The molecule has 1 N–H and O–H groups in total. The van der Waals surface area contributed by atoms with Crippen molar-refractivity contribution in [2.24, 2.45) is 5.92 Å². The van der Waals surface area contributed by atoms with Gasteiger partial charge in [-0.3, -0.25) is 4.79 Å². The summed E-state index contributed by atoms with van der Waals surface area (Å²) in [6.07, 6.45) is 3.96. The van der Waals surface area contributed by atoms with Gasteiger partial charge in [0.1, 0.15) is 6.10 Å². The first-order valence-corrected chi connectivity index (χ1v) is 10.1. The molecule has 1 aliphatic carbocycles. The molecule has 4 unspecified atom stereocenters. The maximum absolute atomic E-state index is 12.6. The predicted octanol–water partition coefficient (Wildman–Crippen LogP) is 1.32. The van der Waals surface area contributed by atoms with Gasteiger partial charge in [0.15, 0.2) is 11.6 Å². The molecule has 8 heteroatoms. The Hall–Kier alpha value is -2.51. The third-order valence-electron chi connectivity index (χ3n) is 5.85. The Balaban J connectivity index is 1.29. The average Bonchev–Trinajstić information content (AvgIpc) is 3.03. The zero-order valence-electron chi connectivity index (χ0n) is 16.8. The molecule has 2 saturated heterocycles. The third-order valence-corrected chi connectivity index (χ3v) is 5.85. The van der Waals surface area contributed by atoms with Gasteiger partial charge in [0.25, 0.3) is 0 Å². The van der Waals surface area contributed by atoms with E-state index in [1.165, 1.54) is 0 Å². The molecule has 0 spiro atoms. The van der Waals surface area contributed by atoms with Crippen molar-refractivity contribution < 1.29 is 14.3 Å². The first-order valence-electron chi connectivity index (χ1n) is 10.1. The van der Waals surface area contributed by atoms with E-state index in [-0.39, 0.29) is 24.1 Å². The van der Waals surface area contributed by atoms with E-state index in [1.807, 2.05) is 36.0 Å². The fraction of sp³-hybridized carbons (Fsp3) is 0.650. The van der Waals surface area contributed by atoms with Crippen LogP contribution in [-0.2, 0) is 4.79 Å². The first-order chi connectivity index (χ1) is 13.4. The number of carbonyl (C=O) groups is 2. The fourth-order valence-electron chi connectivity index (χ4n) is 4.15. The summed E-state index contributed by atoms with van der Waals surface area (Å²) < 4.78 is 6.12. The van der Waals surface area contributed by atoms with Crippen LogP contribution in [0.15, 0.2) is 18.3 Å². The molecule has 2 aliphatic heterocycles. The molecule has 3 heterocycles. The number of hydrogen-bond donors (Lipinski definition) is 1.